The Morgan fingerprint density at radius 2 is 1.97 bits per heavy atom. The van der Waals surface area contributed by atoms with Gasteiger partial charge in [0.1, 0.15) is 18.0 Å². The Labute approximate surface area is 185 Å². The van der Waals surface area contributed by atoms with Crippen molar-refractivity contribution < 1.29 is 19.3 Å². The lowest BCUT2D eigenvalue weighted by Crippen LogP contribution is -2.57. The molecule has 6 rings (SSSR count). The first-order valence-electron chi connectivity index (χ1n) is 11.1. The van der Waals surface area contributed by atoms with Gasteiger partial charge >= 0.3 is 0 Å². The smallest absolute Gasteiger partial charge is 0.226 e. The fourth-order valence-electron chi connectivity index (χ4n) is 5.99. The van der Waals surface area contributed by atoms with Gasteiger partial charge in [0.25, 0.3) is 0 Å². The topological polar surface area (TPSA) is 94.8 Å². The first-order chi connectivity index (χ1) is 14.8. The van der Waals surface area contributed by atoms with E-state index < -0.39 is 23.7 Å². The van der Waals surface area contributed by atoms with E-state index in [0.717, 1.165) is 24.3 Å². The fraction of sp³-hybridized carbons (Fsp3) is 0.762. The number of fused-ring (bicyclic) bond motifs is 2. The Morgan fingerprint density at radius 3 is 2.71 bits per heavy atom. The van der Waals surface area contributed by atoms with E-state index in [1.807, 2.05) is 13.8 Å². The predicted molar refractivity (Wildman–Crippen MR) is 113 cm³/mol. The molecule has 1 saturated carbocycles. The molecule has 0 bridgehead atoms. The third-order valence-corrected chi connectivity index (χ3v) is 7.47. The van der Waals surface area contributed by atoms with Crippen LogP contribution in [0, 0.1) is 5.41 Å². The largest absolute Gasteiger partial charge is 0.394 e. The average Bonchev–Trinajstić information content (AvgIpc) is 3.35. The molecule has 0 amide bonds. The molecule has 1 N–H and O–H groups in total. The maximum atomic E-state index is 9.79. The van der Waals surface area contributed by atoms with Crippen LogP contribution < -0.4 is 4.90 Å². The van der Waals surface area contributed by atoms with Crippen LogP contribution in [-0.2, 0) is 19.9 Å². The molecule has 9 nitrogen and oxygen atoms in total. The Balaban J connectivity index is 1.40. The minimum absolute atomic E-state index is 0.165. The SMILES string of the molecule is CC1(C)O[C@@H]2C(CO)OC[C@]2(n2ncc3c(N4CC5(CCCCC5)C4)nc(Cl)nc32)O1. The molecule has 0 aromatic carbocycles. The highest BCUT2D eigenvalue weighted by Gasteiger charge is 2.63. The van der Waals surface area contributed by atoms with E-state index in [1.54, 1.807) is 10.9 Å². The lowest BCUT2D eigenvalue weighted by atomic mass is 9.68. The van der Waals surface area contributed by atoms with E-state index in [-0.39, 0.29) is 18.5 Å². The van der Waals surface area contributed by atoms with Gasteiger partial charge in [-0.25, -0.2) is 4.68 Å². The molecule has 3 aliphatic heterocycles. The van der Waals surface area contributed by atoms with Gasteiger partial charge in [0.2, 0.25) is 11.0 Å². The summed E-state index contributed by atoms with van der Waals surface area (Å²) in [5.41, 5.74) is -0.0114. The van der Waals surface area contributed by atoms with Crippen LogP contribution in [0.15, 0.2) is 6.20 Å². The molecule has 4 fully saturated rings. The second-order valence-electron chi connectivity index (χ2n) is 9.94. The normalized spacial score (nSPS) is 33.7. The number of anilines is 1. The lowest BCUT2D eigenvalue weighted by Gasteiger charge is -2.53. The third kappa shape index (κ3) is 2.94. The number of nitrogens with zero attached hydrogens (tertiary/aromatic N) is 5. The molecule has 4 aliphatic rings. The number of hydrogen-bond donors (Lipinski definition) is 1. The second-order valence-corrected chi connectivity index (χ2v) is 10.3. The zero-order chi connectivity index (χ0) is 21.4. The van der Waals surface area contributed by atoms with Gasteiger partial charge in [-0.2, -0.15) is 15.1 Å². The summed E-state index contributed by atoms with van der Waals surface area (Å²) in [6.07, 6.45) is 7.31. The molecule has 3 atom stereocenters. The van der Waals surface area contributed by atoms with Crippen LogP contribution in [0.5, 0.6) is 0 Å². The Bertz CT molecular complexity index is 1010. The lowest BCUT2D eigenvalue weighted by molar-refractivity contribution is -0.208. The Morgan fingerprint density at radius 1 is 1.19 bits per heavy atom. The van der Waals surface area contributed by atoms with Crippen molar-refractivity contribution in [2.24, 2.45) is 5.41 Å². The van der Waals surface area contributed by atoms with Gasteiger partial charge < -0.3 is 24.2 Å². The summed E-state index contributed by atoms with van der Waals surface area (Å²) in [7, 11) is 0. The highest BCUT2D eigenvalue weighted by molar-refractivity contribution is 6.28. The number of aliphatic hydroxyl groups excluding tert-OH is 1. The summed E-state index contributed by atoms with van der Waals surface area (Å²) in [4.78, 5) is 11.4. The minimum atomic E-state index is -1.02. The van der Waals surface area contributed by atoms with Crippen molar-refractivity contribution >= 4 is 28.5 Å². The quantitative estimate of drug-likeness (QED) is 0.714. The number of halogens is 1. The summed E-state index contributed by atoms with van der Waals surface area (Å²) < 4.78 is 20.0. The minimum Gasteiger partial charge on any atom is -0.394 e. The van der Waals surface area contributed by atoms with E-state index in [1.165, 1.54) is 32.1 Å². The monoisotopic (exact) mass is 449 g/mol. The first kappa shape index (κ1) is 20.1. The van der Waals surface area contributed by atoms with E-state index in [2.05, 4.69) is 20.0 Å². The molecule has 10 heteroatoms. The van der Waals surface area contributed by atoms with Crippen LogP contribution in [0.2, 0.25) is 5.28 Å². The second kappa shape index (κ2) is 6.74. The molecule has 1 spiro atoms. The van der Waals surface area contributed by atoms with Crippen LogP contribution in [0.25, 0.3) is 11.0 Å². The van der Waals surface area contributed by atoms with Crippen molar-refractivity contribution in [3.8, 4) is 0 Å². The molecule has 2 aromatic rings. The standard InChI is InChI=1S/C21H28ClN5O4/c1-19(2)30-15-14(9-28)29-12-21(15,31-19)27-17-13(8-23-27)16(24-18(22)25-17)26-10-20(11-26)6-4-3-5-7-20/h8,14-15,28H,3-7,9-12H2,1-2H3/t14?,15-,21+/m1/s1. The van der Waals surface area contributed by atoms with Gasteiger partial charge in [0, 0.05) is 18.5 Å². The van der Waals surface area contributed by atoms with Gasteiger partial charge in [-0.3, -0.25) is 0 Å². The molecule has 0 radical (unpaired) electrons. The van der Waals surface area contributed by atoms with Gasteiger partial charge in [-0.05, 0) is 38.3 Å². The molecule has 168 valence electrons. The highest BCUT2D eigenvalue weighted by atomic mass is 35.5. The average molecular weight is 450 g/mol. The molecule has 2 aromatic heterocycles. The zero-order valence-electron chi connectivity index (χ0n) is 17.9. The van der Waals surface area contributed by atoms with Gasteiger partial charge in [0.05, 0.1) is 24.8 Å². The number of aliphatic hydroxyl groups is 1. The van der Waals surface area contributed by atoms with Crippen LogP contribution in [0.1, 0.15) is 46.0 Å². The number of ether oxygens (including phenoxy) is 3. The molecule has 31 heavy (non-hydrogen) atoms. The van der Waals surface area contributed by atoms with Crippen molar-refractivity contribution in [2.75, 3.05) is 31.2 Å². The molecule has 1 unspecified atom stereocenters. The third-order valence-electron chi connectivity index (χ3n) is 7.31. The summed E-state index contributed by atoms with van der Waals surface area (Å²) >= 11 is 6.38. The summed E-state index contributed by atoms with van der Waals surface area (Å²) in [6.45, 7) is 5.73. The zero-order valence-corrected chi connectivity index (χ0v) is 18.6. The van der Waals surface area contributed by atoms with Crippen molar-refractivity contribution in [1.29, 1.82) is 0 Å². The number of hydrogen-bond acceptors (Lipinski definition) is 8. The van der Waals surface area contributed by atoms with E-state index in [9.17, 15) is 5.11 Å². The van der Waals surface area contributed by atoms with Crippen molar-refractivity contribution in [3.05, 3.63) is 11.5 Å². The first-order valence-corrected chi connectivity index (χ1v) is 11.5. The Hall–Kier alpha value is -1.52. The van der Waals surface area contributed by atoms with Crippen molar-refractivity contribution in [1.82, 2.24) is 19.7 Å². The highest BCUT2D eigenvalue weighted by Crippen LogP contribution is 2.49. The summed E-state index contributed by atoms with van der Waals surface area (Å²) in [6, 6.07) is 0. The van der Waals surface area contributed by atoms with Crippen LogP contribution >= 0.6 is 11.6 Å². The Kier molecular flexibility index (Phi) is 4.37. The van der Waals surface area contributed by atoms with Crippen LogP contribution in [-0.4, -0.2) is 69.2 Å². The van der Waals surface area contributed by atoms with Gasteiger partial charge in [-0.1, -0.05) is 19.3 Å². The number of aromatic nitrogens is 4. The maximum absolute atomic E-state index is 9.79. The van der Waals surface area contributed by atoms with E-state index >= 15 is 0 Å². The molecular weight excluding hydrogens is 422 g/mol. The number of rotatable bonds is 3. The van der Waals surface area contributed by atoms with E-state index in [0.29, 0.717) is 11.1 Å². The van der Waals surface area contributed by atoms with Crippen LogP contribution in [0.3, 0.4) is 0 Å². The van der Waals surface area contributed by atoms with Gasteiger partial charge in [-0.15, -0.1) is 0 Å². The fourth-order valence-corrected chi connectivity index (χ4v) is 6.15. The summed E-state index contributed by atoms with van der Waals surface area (Å²) in [5, 5.41) is 15.5. The van der Waals surface area contributed by atoms with Crippen molar-refractivity contribution in [2.45, 2.75) is 69.7 Å². The molecule has 1 aliphatic carbocycles. The maximum Gasteiger partial charge on any atom is 0.226 e. The molecule has 3 saturated heterocycles. The molecule has 5 heterocycles. The van der Waals surface area contributed by atoms with Crippen molar-refractivity contribution in [3.63, 3.8) is 0 Å². The van der Waals surface area contributed by atoms with Crippen LogP contribution in [0.4, 0.5) is 5.82 Å². The van der Waals surface area contributed by atoms with Gasteiger partial charge in [0.15, 0.2) is 11.4 Å². The molecular formula is C21H28ClN5O4. The summed E-state index contributed by atoms with van der Waals surface area (Å²) in [5.74, 6) is -0.0221. The van der Waals surface area contributed by atoms with E-state index in [4.69, 9.17) is 25.8 Å². The predicted octanol–water partition coefficient (Wildman–Crippen LogP) is 2.45.